The van der Waals surface area contributed by atoms with Gasteiger partial charge in [0.2, 0.25) is 0 Å². The van der Waals surface area contributed by atoms with Gasteiger partial charge in [-0.3, -0.25) is 4.98 Å². The van der Waals surface area contributed by atoms with E-state index < -0.39 is 0 Å². The van der Waals surface area contributed by atoms with Crippen LogP contribution < -0.4 is 0 Å². The van der Waals surface area contributed by atoms with Crippen LogP contribution in [-0.4, -0.2) is 4.98 Å². The lowest BCUT2D eigenvalue weighted by atomic mass is 9.80. The molecule has 0 amide bonds. The first-order valence-electron chi connectivity index (χ1n) is 13.7. The molecular formula is C38H27N. The SMILES string of the molecule is CC1(C)c2ccccc2-c2ccc(-c3c4ccccc4c(-c4cccc5ccccc45)c4ncccc34)cc21. The predicted molar refractivity (Wildman–Crippen MR) is 165 cm³/mol. The third-order valence-electron chi connectivity index (χ3n) is 8.71. The summed E-state index contributed by atoms with van der Waals surface area (Å²) < 4.78 is 0. The molecule has 0 atom stereocenters. The van der Waals surface area contributed by atoms with Crippen molar-refractivity contribution < 1.29 is 0 Å². The van der Waals surface area contributed by atoms with Gasteiger partial charge in [-0.2, -0.15) is 0 Å². The van der Waals surface area contributed by atoms with Crippen molar-refractivity contribution >= 4 is 32.4 Å². The van der Waals surface area contributed by atoms with Gasteiger partial charge in [-0.15, -0.1) is 0 Å². The van der Waals surface area contributed by atoms with Crippen LogP contribution in [0, 0.1) is 0 Å². The van der Waals surface area contributed by atoms with Crippen molar-refractivity contribution in [2.75, 3.05) is 0 Å². The second-order valence-corrected chi connectivity index (χ2v) is 11.2. The van der Waals surface area contributed by atoms with Crippen molar-refractivity contribution in [2.45, 2.75) is 19.3 Å². The molecule has 1 aliphatic rings. The van der Waals surface area contributed by atoms with E-state index in [9.17, 15) is 0 Å². The van der Waals surface area contributed by atoms with Crippen LogP contribution in [0.5, 0.6) is 0 Å². The molecule has 39 heavy (non-hydrogen) atoms. The van der Waals surface area contributed by atoms with Gasteiger partial charge in [0.05, 0.1) is 5.52 Å². The standard InChI is InChI=1S/C38H27N/c1-38(2)33-19-8-7-14-27(33)28-21-20-25(23-34(28)38)35-30-15-5-6-16-31(30)36(37-32(35)18-10-22-39-37)29-17-9-12-24-11-3-4-13-26(24)29/h3-23H,1-2H3. The number of aromatic nitrogens is 1. The number of nitrogens with zero attached hydrogens (tertiary/aromatic N) is 1. The van der Waals surface area contributed by atoms with Crippen LogP contribution in [0.4, 0.5) is 0 Å². The number of hydrogen-bond donors (Lipinski definition) is 0. The Bertz CT molecular complexity index is 2040. The summed E-state index contributed by atoms with van der Waals surface area (Å²) in [5, 5.41) is 6.18. The zero-order valence-corrected chi connectivity index (χ0v) is 22.1. The third kappa shape index (κ3) is 3.11. The summed E-state index contributed by atoms with van der Waals surface area (Å²) >= 11 is 0. The van der Waals surface area contributed by atoms with Gasteiger partial charge < -0.3 is 0 Å². The maximum Gasteiger partial charge on any atom is 0.0793 e. The fourth-order valence-electron chi connectivity index (χ4n) is 6.88. The van der Waals surface area contributed by atoms with Crippen molar-refractivity contribution in [3.05, 3.63) is 139 Å². The fourth-order valence-corrected chi connectivity index (χ4v) is 6.88. The molecule has 0 saturated carbocycles. The molecule has 7 aromatic rings. The van der Waals surface area contributed by atoms with Gasteiger partial charge in [0, 0.05) is 22.6 Å². The number of fused-ring (bicyclic) bond motifs is 6. The average Bonchev–Trinajstić information content (AvgIpc) is 3.21. The summed E-state index contributed by atoms with van der Waals surface area (Å²) in [5.74, 6) is 0. The van der Waals surface area contributed by atoms with Gasteiger partial charge in [0.1, 0.15) is 0 Å². The normalized spacial score (nSPS) is 13.6. The number of hydrogen-bond acceptors (Lipinski definition) is 1. The van der Waals surface area contributed by atoms with Gasteiger partial charge in [-0.25, -0.2) is 0 Å². The van der Waals surface area contributed by atoms with Crippen molar-refractivity contribution in [1.82, 2.24) is 4.98 Å². The molecule has 1 aliphatic carbocycles. The predicted octanol–water partition coefficient (Wildman–Crippen LogP) is 10.2. The molecule has 0 bridgehead atoms. The quantitative estimate of drug-likeness (QED) is 0.217. The van der Waals surface area contributed by atoms with E-state index in [0.717, 1.165) is 5.52 Å². The van der Waals surface area contributed by atoms with Crippen molar-refractivity contribution in [3.8, 4) is 33.4 Å². The zero-order chi connectivity index (χ0) is 26.1. The molecule has 6 aromatic carbocycles. The summed E-state index contributed by atoms with van der Waals surface area (Å²) in [6.45, 7) is 4.70. The average molecular weight is 498 g/mol. The summed E-state index contributed by atoms with van der Waals surface area (Å²) in [5.41, 5.74) is 11.4. The Balaban J connectivity index is 1.47. The summed E-state index contributed by atoms with van der Waals surface area (Å²) in [6, 6.07) is 44.3. The molecule has 8 rings (SSSR count). The molecule has 0 saturated heterocycles. The highest BCUT2D eigenvalue weighted by Gasteiger charge is 2.35. The van der Waals surface area contributed by atoms with Crippen molar-refractivity contribution in [1.29, 1.82) is 0 Å². The zero-order valence-electron chi connectivity index (χ0n) is 22.1. The summed E-state index contributed by atoms with van der Waals surface area (Å²) in [7, 11) is 0. The van der Waals surface area contributed by atoms with E-state index in [4.69, 9.17) is 4.98 Å². The van der Waals surface area contributed by atoms with Crippen LogP contribution in [0.25, 0.3) is 65.8 Å². The van der Waals surface area contributed by atoms with Crippen LogP contribution >= 0.6 is 0 Å². The Morgan fingerprint density at radius 2 is 1.13 bits per heavy atom. The Hall–Kier alpha value is -4.75. The molecule has 1 aromatic heterocycles. The van der Waals surface area contributed by atoms with Crippen LogP contribution in [0.1, 0.15) is 25.0 Å². The van der Waals surface area contributed by atoms with Gasteiger partial charge in [0.25, 0.3) is 0 Å². The largest absolute Gasteiger partial charge is 0.256 e. The molecule has 0 N–H and O–H groups in total. The molecule has 0 spiro atoms. The Morgan fingerprint density at radius 1 is 0.487 bits per heavy atom. The highest BCUT2D eigenvalue weighted by Crippen LogP contribution is 2.51. The van der Waals surface area contributed by atoms with E-state index in [0.29, 0.717) is 0 Å². The molecule has 1 heterocycles. The monoisotopic (exact) mass is 497 g/mol. The highest BCUT2D eigenvalue weighted by atomic mass is 14.7. The van der Waals surface area contributed by atoms with Gasteiger partial charge in [-0.1, -0.05) is 123 Å². The lowest BCUT2D eigenvalue weighted by molar-refractivity contribution is 0.660. The van der Waals surface area contributed by atoms with E-state index in [1.54, 1.807) is 0 Å². The van der Waals surface area contributed by atoms with E-state index in [2.05, 4.69) is 135 Å². The third-order valence-corrected chi connectivity index (χ3v) is 8.71. The Kier molecular flexibility index (Phi) is 4.63. The lowest BCUT2D eigenvalue weighted by Crippen LogP contribution is -2.14. The van der Waals surface area contributed by atoms with E-state index >= 15 is 0 Å². The van der Waals surface area contributed by atoms with Gasteiger partial charge in [0.15, 0.2) is 0 Å². The minimum atomic E-state index is -0.0469. The smallest absolute Gasteiger partial charge is 0.0793 e. The minimum absolute atomic E-state index is 0.0469. The van der Waals surface area contributed by atoms with Crippen LogP contribution in [0.15, 0.2) is 128 Å². The molecule has 0 radical (unpaired) electrons. The Morgan fingerprint density at radius 3 is 2.00 bits per heavy atom. The highest BCUT2D eigenvalue weighted by molar-refractivity contribution is 6.22. The molecule has 0 unspecified atom stereocenters. The van der Waals surface area contributed by atoms with E-state index in [1.807, 2.05) is 6.20 Å². The van der Waals surface area contributed by atoms with Crippen LogP contribution in [0.3, 0.4) is 0 Å². The Labute approximate surface area is 228 Å². The number of rotatable bonds is 2. The second kappa shape index (κ2) is 8.12. The first kappa shape index (κ1) is 22.3. The van der Waals surface area contributed by atoms with Crippen molar-refractivity contribution in [2.24, 2.45) is 0 Å². The number of pyridine rings is 1. The first-order chi connectivity index (χ1) is 19.1. The maximum atomic E-state index is 5.03. The van der Waals surface area contributed by atoms with Crippen molar-refractivity contribution in [3.63, 3.8) is 0 Å². The van der Waals surface area contributed by atoms with Gasteiger partial charge >= 0.3 is 0 Å². The summed E-state index contributed by atoms with van der Waals surface area (Å²) in [4.78, 5) is 5.03. The van der Waals surface area contributed by atoms with Gasteiger partial charge in [-0.05, 0) is 72.6 Å². The van der Waals surface area contributed by atoms with E-state index in [-0.39, 0.29) is 5.41 Å². The lowest BCUT2D eigenvalue weighted by Gasteiger charge is -2.23. The van der Waals surface area contributed by atoms with Crippen LogP contribution in [0.2, 0.25) is 0 Å². The number of benzene rings is 6. The van der Waals surface area contributed by atoms with Crippen LogP contribution in [-0.2, 0) is 5.41 Å². The molecule has 1 heteroatoms. The summed E-state index contributed by atoms with van der Waals surface area (Å²) in [6.07, 6.45) is 1.93. The first-order valence-corrected chi connectivity index (χ1v) is 13.7. The molecule has 0 aliphatic heterocycles. The molecule has 1 nitrogen and oxygen atoms in total. The fraction of sp³-hybridized carbons (Fsp3) is 0.0789. The topological polar surface area (TPSA) is 12.9 Å². The molecular weight excluding hydrogens is 470 g/mol. The molecule has 184 valence electrons. The maximum absolute atomic E-state index is 5.03. The van der Waals surface area contributed by atoms with E-state index in [1.165, 1.54) is 71.4 Å². The second-order valence-electron chi connectivity index (χ2n) is 11.2. The minimum Gasteiger partial charge on any atom is -0.256 e. The molecule has 0 fully saturated rings.